The first kappa shape index (κ1) is 18.5. The zero-order valence-corrected chi connectivity index (χ0v) is 14.6. The van der Waals surface area contributed by atoms with Gasteiger partial charge in [0.2, 0.25) is 0 Å². The van der Waals surface area contributed by atoms with Gasteiger partial charge in [-0.1, -0.05) is 29.8 Å². The van der Waals surface area contributed by atoms with Crippen LogP contribution in [0.4, 0.5) is 14.5 Å². The minimum absolute atomic E-state index is 0.105. The fourth-order valence-electron chi connectivity index (χ4n) is 2.24. The minimum Gasteiger partial charge on any atom is -0.433 e. The normalized spacial score (nSPS) is 11.8. The molecule has 0 radical (unpaired) electrons. The molecule has 2 aromatic carbocycles. The molecule has 4 nitrogen and oxygen atoms in total. The number of rotatable bonds is 6. The van der Waals surface area contributed by atoms with Gasteiger partial charge in [-0.05, 0) is 44.2 Å². The standard InChI is InChI=1S/C16H16ClF2NO3S/c1-11(2)20(12-6-4-3-5-7-12)24(21,22)13-8-9-15(14(17)10-13)23-16(18)19/h3-11,16H,1-2H3. The SMILES string of the molecule is CC(C)N(c1ccccc1)S(=O)(=O)c1ccc(OC(F)F)c(Cl)c1. The lowest BCUT2D eigenvalue weighted by atomic mass is 10.3. The number of para-hydroxylation sites is 1. The second-order valence-electron chi connectivity index (χ2n) is 5.20. The maximum Gasteiger partial charge on any atom is 0.387 e. The fourth-order valence-corrected chi connectivity index (χ4v) is 4.21. The molecule has 0 saturated carbocycles. The van der Waals surface area contributed by atoms with E-state index in [-0.39, 0.29) is 21.7 Å². The molecule has 2 rings (SSSR count). The van der Waals surface area contributed by atoms with E-state index in [0.29, 0.717) is 5.69 Å². The molecule has 130 valence electrons. The van der Waals surface area contributed by atoms with Gasteiger partial charge in [-0.25, -0.2) is 8.42 Å². The molecular formula is C16H16ClF2NO3S. The number of alkyl halides is 2. The lowest BCUT2D eigenvalue weighted by molar-refractivity contribution is -0.0498. The van der Waals surface area contributed by atoms with Crippen LogP contribution < -0.4 is 9.04 Å². The Labute approximate surface area is 144 Å². The molecule has 0 aromatic heterocycles. The van der Waals surface area contributed by atoms with Gasteiger partial charge in [0.15, 0.2) is 0 Å². The van der Waals surface area contributed by atoms with Crippen LogP contribution in [-0.4, -0.2) is 21.1 Å². The van der Waals surface area contributed by atoms with E-state index < -0.39 is 16.6 Å². The largest absolute Gasteiger partial charge is 0.433 e. The van der Waals surface area contributed by atoms with E-state index in [4.69, 9.17) is 11.6 Å². The summed E-state index contributed by atoms with van der Waals surface area (Å²) in [7, 11) is -3.92. The van der Waals surface area contributed by atoms with E-state index in [9.17, 15) is 17.2 Å². The third-order valence-electron chi connectivity index (χ3n) is 3.16. The van der Waals surface area contributed by atoms with Crippen molar-refractivity contribution in [1.82, 2.24) is 0 Å². The minimum atomic E-state index is -3.92. The second kappa shape index (κ2) is 7.36. The summed E-state index contributed by atoms with van der Waals surface area (Å²) in [6.07, 6.45) is 0. The van der Waals surface area contributed by atoms with Crippen LogP contribution in [0.1, 0.15) is 13.8 Å². The Hall–Kier alpha value is -1.86. The maximum atomic E-state index is 12.9. The Balaban J connectivity index is 2.46. The van der Waals surface area contributed by atoms with Gasteiger partial charge >= 0.3 is 6.61 Å². The molecule has 0 fully saturated rings. The molecule has 0 amide bonds. The Bertz CT molecular complexity index is 798. The maximum absolute atomic E-state index is 12.9. The summed E-state index contributed by atoms with van der Waals surface area (Å²) < 4.78 is 55.9. The highest BCUT2D eigenvalue weighted by atomic mass is 35.5. The first-order chi connectivity index (χ1) is 11.2. The zero-order valence-electron chi connectivity index (χ0n) is 13.0. The molecule has 0 spiro atoms. The number of hydrogen-bond donors (Lipinski definition) is 0. The highest BCUT2D eigenvalue weighted by Crippen LogP contribution is 2.32. The summed E-state index contributed by atoms with van der Waals surface area (Å²) in [5.41, 5.74) is 0.497. The lowest BCUT2D eigenvalue weighted by Gasteiger charge is -2.28. The lowest BCUT2D eigenvalue weighted by Crippen LogP contribution is -2.37. The molecule has 0 saturated heterocycles. The van der Waals surface area contributed by atoms with E-state index in [0.717, 1.165) is 12.1 Å². The van der Waals surface area contributed by atoms with Crippen LogP contribution in [-0.2, 0) is 10.0 Å². The molecule has 0 atom stereocenters. The molecule has 0 aliphatic heterocycles. The van der Waals surface area contributed by atoms with Crippen molar-refractivity contribution in [3.8, 4) is 5.75 Å². The van der Waals surface area contributed by atoms with E-state index >= 15 is 0 Å². The topological polar surface area (TPSA) is 46.6 Å². The van der Waals surface area contributed by atoms with Gasteiger partial charge in [-0.15, -0.1) is 0 Å². The van der Waals surface area contributed by atoms with E-state index in [1.54, 1.807) is 44.2 Å². The van der Waals surface area contributed by atoms with E-state index in [1.807, 2.05) is 0 Å². The molecule has 8 heteroatoms. The van der Waals surface area contributed by atoms with Crippen LogP contribution in [0.5, 0.6) is 5.75 Å². The van der Waals surface area contributed by atoms with Crippen LogP contribution in [0.15, 0.2) is 53.4 Å². The Morgan fingerprint density at radius 1 is 1.08 bits per heavy atom. The van der Waals surface area contributed by atoms with Crippen LogP contribution >= 0.6 is 11.6 Å². The summed E-state index contributed by atoms with van der Waals surface area (Å²) in [6.45, 7) is 0.433. The Morgan fingerprint density at radius 3 is 2.21 bits per heavy atom. The average molecular weight is 376 g/mol. The van der Waals surface area contributed by atoms with Crippen LogP contribution in [0.2, 0.25) is 5.02 Å². The summed E-state index contributed by atoms with van der Waals surface area (Å²) in [5.74, 6) is -0.276. The summed E-state index contributed by atoms with van der Waals surface area (Å²) in [5, 5.41) is -0.201. The fraction of sp³-hybridized carbons (Fsp3) is 0.250. The molecule has 0 N–H and O–H groups in total. The number of hydrogen-bond acceptors (Lipinski definition) is 3. The number of ether oxygens (including phenoxy) is 1. The highest BCUT2D eigenvalue weighted by Gasteiger charge is 2.28. The van der Waals surface area contributed by atoms with Crippen molar-refractivity contribution < 1.29 is 21.9 Å². The predicted molar refractivity (Wildman–Crippen MR) is 89.3 cm³/mol. The highest BCUT2D eigenvalue weighted by molar-refractivity contribution is 7.92. The predicted octanol–water partition coefficient (Wildman–Crippen LogP) is 4.55. The quantitative estimate of drug-likeness (QED) is 0.744. The van der Waals surface area contributed by atoms with Gasteiger partial charge in [0, 0.05) is 6.04 Å². The zero-order chi connectivity index (χ0) is 17.9. The number of sulfonamides is 1. The summed E-state index contributed by atoms with van der Waals surface area (Å²) in [4.78, 5) is -0.105. The van der Waals surface area contributed by atoms with E-state index in [1.165, 1.54) is 10.4 Å². The van der Waals surface area contributed by atoms with Gasteiger partial charge in [0.25, 0.3) is 10.0 Å². The van der Waals surface area contributed by atoms with Gasteiger partial charge in [0.1, 0.15) is 5.75 Å². The van der Waals surface area contributed by atoms with Crippen LogP contribution in [0.3, 0.4) is 0 Å². The van der Waals surface area contributed by atoms with Crippen molar-refractivity contribution in [1.29, 1.82) is 0 Å². The monoisotopic (exact) mass is 375 g/mol. The van der Waals surface area contributed by atoms with Crippen molar-refractivity contribution in [3.05, 3.63) is 53.6 Å². The molecule has 0 bridgehead atoms. The number of halogens is 3. The first-order valence-electron chi connectivity index (χ1n) is 7.07. The van der Waals surface area contributed by atoms with Crippen molar-refractivity contribution in [2.24, 2.45) is 0 Å². The van der Waals surface area contributed by atoms with Crippen molar-refractivity contribution in [2.75, 3.05) is 4.31 Å². The average Bonchev–Trinajstić information content (AvgIpc) is 2.49. The molecule has 0 heterocycles. The van der Waals surface area contributed by atoms with Crippen molar-refractivity contribution in [2.45, 2.75) is 31.4 Å². The number of anilines is 1. The molecule has 2 aromatic rings. The van der Waals surface area contributed by atoms with Gasteiger partial charge in [-0.2, -0.15) is 8.78 Å². The molecule has 0 aliphatic rings. The smallest absolute Gasteiger partial charge is 0.387 e. The third-order valence-corrected chi connectivity index (χ3v) is 5.45. The third kappa shape index (κ3) is 3.96. The van der Waals surface area contributed by atoms with E-state index in [2.05, 4.69) is 4.74 Å². The van der Waals surface area contributed by atoms with Gasteiger partial charge < -0.3 is 4.74 Å². The molecule has 0 unspecified atom stereocenters. The Morgan fingerprint density at radius 2 is 1.71 bits per heavy atom. The summed E-state index contributed by atoms with van der Waals surface area (Å²) >= 11 is 5.87. The van der Waals surface area contributed by atoms with Gasteiger partial charge in [0.05, 0.1) is 15.6 Å². The van der Waals surface area contributed by atoms with Gasteiger partial charge in [-0.3, -0.25) is 4.31 Å². The first-order valence-corrected chi connectivity index (χ1v) is 8.89. The number of nitrogens with zero attached hydrogens (tertiary/aromatic N) is 1. The van der Waals surface area contributed by atoms with Crippen LogP contribution in [0.25, 0.3) is 0 Å². The molecular weight excluding hydrogens is 360 g/mol. The Kier molecular flexibility index (Phi) is 5.66. The van der Waals surface area contributed by atoms with Crippen LogP contribution in [0, 0.1) is 0 Å². The summed E-state index contributed by atoms with van der Waals surface area (Å²) in [6, 6.07) is 11.6. The molecule has 0 aliphatic carbocycles. The van der Waals surface area contributed by atoms with Crippen molar-refractivity contribution in [3.63, 3.8) is 0 Å². The second-order valence-corrected chi connectivity index (χ2v) is 7.42. The van der Waals surface area contributed by atoms with Crippen molar-refractivity contribution >= 4 is 27.3 Å². The molecule has 24 heavy (non-hydrogen) atoms. The number of benzene rings is 2.